The second kappa shape index (κ2) is 6.62. The maximum atomic E-state index is 11.5. The van der Waals surface area contributed by atoms with Crippen LogP contribution in [0.5, 0.6) is 0 Å². The van der Waals surface area contributed by atoms with Gasteiger partial charge in [-0.05, 0) is 12.8 Å². The molecule has 0 fully saturated rings. The molecule has 0 aliphatic carbocycles. The number of carbonyl (C=O) groups is 1. The van der Waals surface area contributed by atoms with Gasteiger partial charge in [0.1, 0.15) is 0 Å². The number of nitrogens with one attached hydrogen (secondary N) is 1. The number of carbonyl (C=O) groups excluding carboxylic acids is 1. The van der Waals surface area contributed by atoms with Gasteiger partial charge in [0.15, 0.2) is 5.78 Å². The Kier molecular flexibility index (Phi) is 6.25. The largest absolute Gasteiger partial charge is 0.394 e. The second-order valence-corrected chi connectivity index (χ2v) is 4.54. The van der Waals surface area contributed by atoms with Crippen LogP contribution in [0.4, 0.5) is 0 Å². The van der Waals surface area contributed by atoms with E-state index in [0.717, 1.165) is 5.70 Å². The fourth-order valence-electron chi connectivity index (χ4n) is 1.03. The minimum Gasteiger partial charge on any atom is -0.394 e. The summed E-state index contributed by atoms with van der Waals surface area (Å²) in [6.07, 6.45) is 1.65. The summed E-state index contributed by atoms with van der Waals surface area (Å²) in [7, 11) is 0. The molecule has 0 aromatic heterocycles. The summed E-state index contributed by atoms with van der Waals surface area (Å²) in [5, 5.41) is 12.1. The molecule has 0 amide bonds. The highest BCUT2D eigenvalue weighted by Gasteiger charge is 2.11. The highest BCUT2D eigenvalue weighted by atomic mass is 16.3. The molecule has 0 aliphatic rings. The molecule has 0 heterocycles. The van der Waals surface area contributed by atoms with Crippen LogP contribution in [0.3, 0.4) is 0 Å². The van der Waals surface area contributed by atoms with E-state index in [2.05, 4.69) is 5.32 Å². The highest BCUT2D eigenvalue weighted by Crippen LogP contribution is 2.09. The number of hydrogen-bond donors (Lipinski definition) is 2. The first-order valence-electron chi connectivity index (χ1n) is 5.51. The van der Waals surface area contributed by atoms with Crippen LogP contribution in [0.1, 0.15) is 34.6 Å². The van der Waals surface area contributed by atoms with Crippen LogP contribution in [0.2, 0.25) is 0 Å². The number of aliphatic hydroxyl groups is 1. The summed E-state index contributed by atoms with van der Waals surface area (Å²) >= 11 is 0. The van der Waals surface area contributed by atoms with Gasteiger partial charge in [-0.1, -0.05) is 27.7 Å². The molecule has 0 unspecified atom stereocenters. The first-order valence-corrected chi connectivity index (χ1v) is 5.51. The molecule has 0 radical (unpaired) electrons. The third-order valence-electron chi connectivity index (χ3n) is 2.18. The van der Waals surface area contributed by atoms with E-state index >= 15 is 0 Å². The van der Waals surface area contributed by atoms with Crippen LogP contribution in [-0.4, -0.2) is 23.5 Å². The van der Waals surface area contributed by atoms with Crippen LogP contribution >= 0.6 is 0 Å². The lowest BCUT2D eigenvalue weighted by atomic mass is 10.0. The molecule has 0 rings (SSSR count). The Labute approximate surface area is 92.6 Å². The molecular weight excluding hydrogens is 190 g/mol. The quantitative estimate of drug-likeness (QED) is 0.661. The third-order valence-corrected chi connectivity index (χ3v) is 2.18. The van der Waals surface area contributed by atoms with E-state index in [0.29, 0.717) is 0 Å². The van der Waals surface area contributed by atoms with E-state index in [4.69, 9.17) is 5.11 Å². The molecule has 0 spiro atoms. The van der Waals surface area contributed by atoms with E-state index in [1.54, 1.807) is 6.08 Å². The monoisotopic (exact) mass is 213 g/mol. The van der Waals surface area contributed by atoms with Gasteiger partial charge in [0.2, 0.25) is 0 Å². The highest BCUT2D eigenvalue weighted by molar-refractivity contribution is 5.91. The van der Waals surface area contributed by atoms with Crippen molar-refractivity contribution in [3.05, 3.63) is 11.8 Å². The number of hydrogen-bond acceptors (Lipinski definition) is 3. The van der Waals surface area contributed by atoms with Crippen molar-refractivity contribution in [3.63, 3.8) is 0 Å². The van der Waals surface area contributed by atoms with E-state index in [1.165, 1.54) is 0 Å². The molecule has 0 aromatic rings. The first-order chi connectivity index (χ1) is 6.88. The van der Waals surface area contributed by atoms with Gasteiger partial charge >= 0.3 is 0 Å². The SMILES string of the molecule is CC(C)C(=O)/C=C(\N[C@@H](C)CO)C(C)C. The fourth-order valence-corrected chi connectivity index (χ4v) is 1.03. The Bertz CT molecular complexity index is 232. The molecule has 2 N–H and O–H groups in total. The Morgan fingerprint density at radius 3 is 2.07 bits per heavy atom. The average molecular weight is 213 g/mol. The Morgan fingerprint density at radius 1 is 1.20 bits per heavy atom. The Balaban J connectivity index is 4.59. The van der Waals surface area contributed by atoms with Crippen LogP contribution in [0, 0.1) is 11.8 Å². The van der Waals surface area contributed by atoms with Gasteiger partial charge in [-0.3, -0.25) is 4.79 Å². The number of aliphatic hydroxyl groups excluding tert-OH is 1. The molecular formula is C12H23NO2. The van der Waals surface area contributed by atoms with Crippen LogP contribution in [0.25, 0.3) is 0 Å². The maximum Gasteiger partial charge on any atom is 0.159 e. The van der Waals surface area contributed by atoms with Crippen molar-refractivity contribution in [2.75, 3.05) is 6.61 Å². The Hall–Kier alpha value is -0.830. The van der Waals surface area contributed by atoms with Gasteiger partial charge < -0.3 is 10.4 Å². The summed E-state index contributed by atoms with van der Waals surface area (Å²) in [6.45, 7) is 9.77. The summed E-state index contributed by atoms with van der Waals surface area (Å²) in [5.74, 6) is 0.406. The smallest absolute Gasteiger partial charge is 0.159 e. The average Bonchev–Trinajstić information content (AvgIpc) is 2.15. The minimum atomic E-state index is -0.0152. The topological polar surface area (TPSA) is 49.3 Å². The Morgan fingerprint density at radius 2 is 1.73 bits per heavy atom. The minimum absolute atomic E-state index is 0.0152. The van der Waals surface area contributed by atoms with Gasteiger partial charge in [-0.15, -0.1) is 0 Å². The molecule has 3 nitrogen and oxygen atoms in total. The summed E-state index contributed by atoms with van der Waals surface area (Å²) in [4.78, 5) is 11.5. The zero-order chi connectivity index (χ0) is 12.0. The van der Waals surface area contributed by atoms with Gasteiger partial charge in [-0.25, -0.2) is 0 Å². The molecule has 88 valence electrons. The van der Waals surface area contributed by atoms with Crippen molar-refractivity contribution in [1.82, 2.24) is 5.32 Å². The molecule has 0 aliphatic heterocycles. The molecule has 3 heteroatoms. The van der Waals surface area contributed by atoms with Crippen molar-refractivity contribution in [3.8, 4) is 0 Å². The number of ketones is 1. The summed E-state index contributed by atoms with van der Waals surface area (Å²) < 4.78 is 0. The maximum absolute atomic E-state index is 11.5. The summed E-state index contributed by atoms with van der Waals surface area (Å²) in [5.41, 5.74) is 0.898. The van der Waals surface area contributed by atoms with E-state index in [9.17, 15) is 4.79 Å². The molecule has 0 bridgehead atoms. The van der Waals surface area contributed by atoms with Gasteiger partial charge in [0.25, 0.3) is 0 Å². The molecule has 1 atom stereocenters. The summed E-state index contributed by atoms with van der Waals surface area (Å²) in [6, 6.07) is -0.0152. The second-order valence-electron chi connectivity index (χ2n) is 4.54. The van der Waals surface area contributed by atoms with Crippen LogP contribution in [0.15, 0.2) is 11.8 Å². The van der Waals surface area contributed by atoms with Crippen molar-refractivity contribution in [2.24, 2.45) is 11.8 Å². The molecule has 15 heavy (non-hydrogen) atoms. The standard InChI is InChI=1S/C12H23NO2/c1-8(2)11(13-10(5)7-14)6-12(15)9(3)4/h6,8-10,13-14H,7H2,1-5H3/b11-6-/t10-/m0/s1. The number of rotatable bonds is 6. The fraction of sp³-hybridized carbons (Fsp3) is 0.750. The first kappa shape index (κ1) is 14.2. The normalized spacial score (nSPS) is 14.5. The molecule has 0 saturated heterocycles. The van der Waals surface area contributed by atoms with E-state index < -0.39 is 0 Å². The van der Waals surface area contributed by atoms with Crippen molar-refractivity contribution < 1.29 is 9.90 Å². The lowest BCUT2D eigenvalue weighted by molar-refractivity contribution is -0.117. The van der Waals surface area contributed by atoms with Crippen molar-refractivity contribution >= 4 is 5.78 Å². The van der Waals surface area contributed by atoms with Gasteiger partial charge in [0, 0.05) is 23.7 Å². The van der Waals surface area contributed by atoms with Gasteiger partial charge in [-0.2, -0.15) is 0 Å². The predicted octanol–water partition coefficient (Wildman–Crippen LogP) is 1.72. The molecule has 0 aromatic carbocycles. The lowest BCUT2D eigenvalue weighted by Gasteiger charge is -2.19. The predicted molar refractivity (Wildman–Crippen MR) is 62.4 cm³/mol. The van der Waals surface area contributed by atoms with Crippen LogP contribution < -0.4 is 5.32 Å². The third kappa shape index (κ3) is 5.57. The van der Waals surface area contributed by atoms with Gasteiger partial charge in [0.05, 0.1) is 6.61 Å². The van der Waals surface area contributed by atoms with E-state index in [-0.39, 0.29) is 30.3 Å². The molecule has 0 saturated carbocycles. The van der Waals surface area contributed by atoms with Crippen molar-refractivity contribution in [1.29, 1.82) is 0 Å². The number of allylic oxidation sites excluding steroid dienone is 2. The van der Waals surface area contributed by atoms with E-state index in [1.807, 2.05) is 34.6 Å². The zero-order valence-electron chi connectivity index (χ0n) is 10.4. The lowest BCUT2D eigenvalue weighted by Crippen LogP contribution is -2.31. The van der Waals surface area contributed by atoms with Crippen molar-refractivity contribution in [2.45, 2.75) is 40.7 Å². The van der Waals surface area contributed by atoms with Crippen LogP contribution in [-0.2, 0) is 4.79 Å². The zero-order valence-corrected chi connectivity index (χ0v) is 10.4.